The lowest BCUT2D eigenvalue weighted by Crippen LogP contribution is -2.16. The molecule has 0 atom stereocenters. The van der Waals surface area contributed by atoms with E-state index < -0.39 is 0 Å². The van der Waals surface area contributed by atoms with E-state index in [1.54, 1.807) is 11.8 Å². The molecule has 1 aliphatic rings. The van der Waals surface area contributed by atoms with Crippen molar-refractivity contribution in [2.24, 2.45) is 0 Å². The number of tetrazole rings is 1. The summed E-state index contributed by atoms with van der Waals surface area (Å²) < 4.78 is 2.04. The molecule has 0 bridgehead atoms. The standard InChI is InChI=1S/C12H23N5S/c1-2-8-13-9-5-10-18-12-14-15-16-17(12)11-6-3-4-7-11/h11,13H,2-10H2,1H3. The van der Waals surface area contributed by atoms with Crippen molar-refractivity contribution in [3.8, 4) is 0 Å². The van der Waals surface area contributed by atoms with Crippen LogP contribution in [0.4, 0.5) is 0 Å². The average molecular weight is 269 g/mol. The van der Waals surface area contributed by atoms with Gasteiger partial charge in [-0.3, -0.25) is 0 Å². The molecule has 1 aliphatic carbocycles. The maximum absolute atomic E-state index is 4.15. The molecule has 0 radical (unpaired) electrons. The van der Waals surface area contributed by atoms with Crippen molar-refractivity contribution in [2.45, 2.75) is 56.6 Å². The zero-order valence-corrected chi connectivity index (χ0v) is 12.0. The number of nitrogens with zero attached hydrogens (tertiary/aromatic N) is 4. The van der Waals surface area contributed by atoms with Crippen LogP contribution in [0, 0.1) is 0 Å². The summed E-state index contributed by atoms with van der Waals surface area (Å²) in [6.07, 6.45) is 7.47. The maximum Gasteiger partial charge on any atom is 0.209 e. The number of rotatable bonds is 8. The van der Waals surface area contributed by atoms with E-state index in [4.69, 9.17) is 0 Å². The first kappa shape index (κ1) is 13.8. The molecule has 6 heteroatoms. The van der Waals surface area contributed by atoms with E-state index >= 15 is 0 Å². The Bertz CT molecular complexity index is 335. The quantitative estimate of drug-likeness (QED) is 0.579. The van der Waals surface area contributed by atoms with Gasteiger partial charge < -0.3 is 5.32 Å². The lowest BCUT2D eigenvalue weighted by atomic mass is 10.3. The van der Waals surface area contributed by atoms with Crippen molar-refractivity contribution in [2.75, 3.05) is 18.8 Å². The van der Waals surface area contributed by atoms with Crippen molar-refractivity contribution < 1.29 is 0 Å². The van der Waals surface area contributed by atoms with Gasteiger partial charge in [0.2, 0.25) is 5.16 Å². The molecule has 1 aromatic rings. The molecule has 1 fully saturated rings. The van der Waals surface area contributed by atoms with Crippen molar-refractivity contribution in [1.82, 2.24) is 25.5 Å². The monoisotopic (exact) mass is 269 g/mol. The largest absolute Gasteiger partial charge is 0.317 e. The van der Waals surface area contributed by atoms with Gasteiger partial charge in [0, 0.05) is 5.75 Å². The molecule has 0 saturated heterocycles. The number of nitrogens with one attached hydrogen (secondary N) is 1. The SMILES string of the molecule is CCCNCCCSc1nnnn1C1CCCC1. The first-order chi connectivity index (χ1) is 8.92. The van der Waals surface area contributed by atoms with E-state index in [1.165, 1.54) is 38.5 Å². The molecule has 2 rings (SSSR count). The lowest BCUT2D eigenvalue weighted by Gasteiger charge is -2.10. The van der Waals surface area contributed by atoms with Crippen molar-refractivity contribution in [1.29, 1.82) is 0 Å². The van der Waals surface area contributed by atoms with E-state index in [2.05, 4.69) is 27.8 Å². The second-order valence-electron chi connectivity index (χ2n) is 4.80. The molecular formula is C12H23N5S. The number of thioether (sulfide) groups is 1. The summed E-state index contributed by atoms with van der Waals surface area (Å²) in [5.74, 6) is 1.09. The molecule has 0 aliphatic heterocycles. The Morgan fingerprint density at radius 1 is 1.33 bits per heavy atom. The van der Waals surface area contributed by atoms with Crippen LogP contribution in [0.2, 0.25) is 0 Å². The summed E-state index contributed by atoms with van der Waals surface area (Å²) in [4.78, 5) is 0. The molecule has 0 spiro atoms. The van der Waals surface area contributed by atoms with E-state index in [1.807, 2.05) is 4.68 Å². The highest BCUT2D eigenvalue weighted by atomic mass is 32.2. The fourth-order valence-electron chi connectivity index (χ4n) is 2.32. The van der Waals surface area contributed by atoms with Gasteiger partial charge in [-0.15, -0.1) is 5.10 Å². The summed E-state index contributed by atoms with van der Waals surface area (Å²) in [5.41, 5.74) is 0. The van der Waals surface area contributed by atoms with Crippen LogP contribution < -0.4 is 5.32 Å². The van der Waals surface area contributed by atoms with Gasteiger partial charge in [-0.05, 0) is 49.2 Å². The predicted molar refractivity (Wildman–Crippen MR) is 73.8 cm³/mol. The Balaban J connectivity index is 1.70. The van der Waals surface area contributed by atoms with E-state index in [-0.39, 0.29) is 0 Å². The summed E-state index contributed by atoms with van der Waals surface area (Å²) in [6.45, 7) is 4.40. The molecule has 1 heterocycles. The molecule has 1 aromatic heterocycles. The summed E-state index contributed by atoms with van der Waals surface area (Å²) >= 11 is 1.79. The first-order valence-corrected chi connectivity index (χ1v) is 8.01. The molecular weight excluding hydrogens is 246 g/mol. The van der Waals surface area contributed by atoms with Crippen LogP contribution in [0.15, 0.2) is 5.16 Å². The Morgan fingerprint density at radius 2 is 2.17 bits per heavy atom. The number of hydrogen-bond donors (Lipinski definition) is 1. The highest BCUT2D eigenvalue weighted by molar-refractivity contribution is 7.99. The van der Waals surface area contributed by atoms with Gasteiger partial charge in [0.05, 0.1) is 6.04 Å². The smallest absolute Gasteiger partial charge is 0.209 e. The molecule has 1 N–H and O–H groups in total. The van der Waals surface area contributed by atoms with Crippen molar-refractivity contribution >= 4 is 11.8 Å². The minimum absolute atomic E-state index is 0.542. The molecule has 0 unspecified atom stereocenters. The van der Waals surface area contributed by atoms with Crippen LogP contribution in [0.25, 0.3) is 0 Å². The molecule has 0 amide bonds. The van der Waals surface area contributed by atoms with Gasteiger partial charge in [0.25, 0.3) is 0 Å². The van der Waals surface area contributed by atoms with Gasteiger partial charge in [-0.25, -0.2) is 4.68 Å². The van der Waals surface area contributed by atoms with Crippen LogP contribution in [0.1, 0.15) is 51.5 Å². The lowest BCUT2D eigenvalue weighted by molar-refractivity contribution is 0.423. The summed E-state index contributed by atoms with van der Waals surface area (Å²) in [7, 11) is 0. The first-order valence-electron chi connectivity index (χ1n) is 7.03. The van der Waals surface area contributed by atoms with Crippen LogP contribution in [-0.2, 0) is 0 Å². The van der Waals surface area contributed by atoms with Gasteiger partial charge in [0.1, 0.15) is 0 Å². The molecule has 5 nitrogen and oxygen atoms in total. The maximum atomic E-state index is 4.15. The Hall–Kier alpha value is -0.620. The fourth-order valence-corrected chi connectivity index (χ4v) is 3.20. The Kier molecular flexibility index (Phi) is 5.93. The summed E-state index contributed by atoms with van der Waals surface area (Å²) in [6, 6.07) is 0.542. The molecule has 18 heavy (non-hydrogen) atoms. The van der Waals surface area contributed by atoms with Crippen LogP contribution in [0.5, 0.6) is 0 Å². The van der Waals surface area contributed by atoms with Gasteiger partial charge in [-0.1, -0.05) is 31.5 Å². The van der Waals surface area contributed by atoms with E-state index in [9.17, 15) is 0 Å². The van der Waals surface area contributed by atoms with Gasteiger partial charge in [0.15, 0.2) is 0 Å². The second kappa shape index (κ2) is 7.74. The van der Waals surface area contributed by atoms with Crippen molar-refractivity contribution in [3.63, 3.8) is 0 Å². The molecule has 1 saturated carbocycles. The third-order valence-corrected chi connectivity index (χ3v) is 4.31. The predicted octanol–water partition coefficient (Wildman–Crippen LogP) is 2.27. The van der Waals surface area contributed by atoms with Gasteiger partial charge in [-0.2, -0.15) is 0 Å². The van der Waals surface area contributed by atoms with E-state index in [0.29, 0.717) is 6.04 Å². The third kappa shape index (κ3) is 3.95. The average Bonchev–Trinajstić information content (AvgIpc) is 3.03. The Labute approximate surface area is 113 Å². The molecule has 102 valence electrons. The topological polar surface area (TPSA) is 55.6 Å². The second-order valence-corrected chi connectivity index (χ2v) is 5.86. The zero-order chi connectivity index (χ0) is 12.6. The molecule has 0 aromatic carbocycles. The normalized spacial score (nSPS) is 16.5. The summed E-state index contributed by atoms with van der Waals surface area (Å²) in [5, 5.41) is 16.5. The van der Waals surface area contributed by atoms with Gasteiger partial charge >= 0.3 is 0 Å². The third-order valence-electron chi connectivity index (χ3n) is 3.29. The minimum Gasteiger partial charge on any atom is -0.317 e. The highest BCUT2D eigenvalue weighted by Gasteiger charge is 2.21. The number of aromatic nitrogens is 4. The zero-order valence-electron chi connectivity index (χ0n) is 11.1. The van der Waals surface area contributed by atoms with Crippen LogP contribution in [-0.4, -0.2) is 39.0 Å². The number of hydrogen-bond acceptors (Lipinski definition) is 5. The van der Waals surface area contributed by atoms with E-state index in [0.717, 1.165) is 24.0 Å². The van der Waals surface area contributed by atoms with Crippen LogP contribution >= 0.6 is 11.8 Å². The Morgan fingerprint density at radius 3 is 2.94 bits per heavy atom. The highest BCUT2D eigenvalue weighted by Crippen LogP contribution is 2.31. The minimum atomic E-state index is 0.542. The fraction of sp³-hybridized carbons (Fsp3) is 0.917. The van der Waals surface area contributed by atoms with Crippen LogP contribution in [0.3, 0.4) is 0 Å². The van der Waals surface area contributed by atoms with Crippen molar-refractivity contribution in [3.05, 3.63) is 0 Å².